The molecule has 2 N–H and O–H groups in total. The Morgan fingerprint density at radius 1 is 1.12 bits per heavy atom. The highest BCUT2D eigenvalue weighted by molar-refractivity contribution is 7.10. The van der Waals surface area contributed by atoms with Crippen LogP contribution in [-0.4, -0.2) is 19.2 Å². The average molecular weight is 342 g/mol. The van der Waals surface area contributed by atoms with E-state index < -0.39 is 0 Å². The van der Waals surface area contributed by atoms with Crippen LogP contribution in [-0.2, 0) is 6.54 Å². The minimum absolute atomic E-state index is 0.204. The SMILES string of the molecule is O=C(NCCOc1ccccc1)NCc1cc(-c2ccoc2)cs1. The lowest BCUT2D eigenvalue weighted by molar-refractivity contribution is 0.236. The maximum atomic E-state index is 11.8. The first-order valence-electron chi connectivity index (χ1n) is 7.61. The Labute approximate surface area is 144 Å². The lowest BCUT2D eigenvalue weighted by Gasteiger charge is -2.08. The molecule has 1 aromatic carbocycles. The monoisotopic (exact) mass is 342 g/mol. The summed E-state index contributed by atoms with van der Waals surface area (Å²) in [7, 11) is 0. The van der Waals surface area contributed by atoms with E-state index in [1.165, 1.54) is 0 Å². The smallest absolute Gasteiger partial charge is 0.315 e. The number of amides is 2. The molecule has 0 saturated carbocycles. The number of thiophene rings is 1. The molecule has 5 nitrogen and oxygen atoms in total. The molecule has 0 bridgehead atoms. The molecule has 0 aliphatic heterocycles. The highest BCUT2D eigenvalue weighted by Gasteiger charge is 2.05. The van der Waals surface area contributed by atoms with Gasteiger partial charge in [0.05, 0.1) is 25.6 Å². The van der Waals surface area contributed by atoms with Crippen LogP contribution >= 0.6 is 11.3 Å². The zero-order valence-corrected chi connectivity index (χ0v) is 13.8. The molecule has 24 heavy (non-hydrogen) atoms. The third-order valence-corrected chi connectivity index (χ3v) is 4.27. The van der Waals surface area contributed by atoms with E-state index in [1.54, 1.807) is 23.9 Å². The molecule has 0 fully saturated rings. The van der Waals surface area contributed by atoms with Gasteiger partial charge in [-0.1, -0.05) is 18.2 Å². The van der Waals surface area contributed by atoms with Gasteiger partial charge in [-0.15, -0.1) is 11.3 Å². The summed E-state index contributed by atoms with van der Waals surface area (Å²) in [4.78, 5) is 12.9. The number of para-hydroxylation sites is 1. The van der Waals surface area contributed by atoms with E-state index in [9.17, 15) is 4.79 Å². The molecule has 0 aliphatic carbocycles. The Morgan fingerprint density at radius 3 is 2.79 bits per heavy atom. The van der Waals surface area contributed by atoms with Crippen LogP contribution in [0.2, 0.25) is 0 Å². The number of ether oxygens (including phenoxy) is 1. The Morgan fingerprint density at radius 2 is 2.00 bits per heavy atom. The molecule has 2 heterocycles. The van der Waals surface area contributed by atoms with Gasteiger partial charge in [-0.25, -0.2) is 4.79 Å². The van der Waals surface area contributed by atoms with Gasteiger partial charge in [0.15, 0.2) is 0 Å². The van der Waals surface area contributed by atoms with Crippen LogP contribution in [0, 0.1) is 0 Å². The van der Waals surface area contributed by atoms with Crippen LogP contribution in [0.25, 0.3) is 11.1 Å². The van der Waals surface area contributed by atoms with Gasteiger partial charge in [-0.2, -0.15) is 0 Å². The fraction of sp³-hybridized carbons (Fsp3) is 0.167. The average Bonchev–Trinajstić information content (AvgIpc) is 3.29. The Bertz CT molecular complexity index is 754. The molecule has 2 aromatic heterocycles. The second-order valence-corrected chi connectivity index (χ2v) is 6.08. The molecule has 0 saturated heterocycles. The lowest BCUT2D eigenvalue weighted by Crippen LogP contribution is -2.37. The molecule has 2 amide bonds. The molecule has 6 heteroatoms. The minimum atomic E-state index is -0.204. The van der Waals surface area contributed by atoms with Crippen LogP contribution < -0.4 is 15.4 Å². The molecule has 3 aromatic rings. The Balaban J connectivity index is 1.35. The topological polar surface area (TPSA) is 63.5 Å². The first-order chi connectivity index (χ1) is 11.8. The molecular formula is C18H18N2O3S. The summed E-state index contributed by atoms with van der Waals surface area (Å²) < 4.78 is 10.6. The largest absolute Gasteiger partial charge is 0.492 e. The van der Waals surface area contributed by atoms with Crippen LogP contribution in [0.3, 0.4) is 0 Å². The summed E-state index contributed by atoms with van der Waals surface area (Å²) in [6.45, 7) is 1.38. The van der Waals surface area contributed by atoms with Gasteiger partial charge >= 0.3 is 6.03 Å². The zero-order valence-electron chi connectivity index (χ0n) is 13.0. The number of hydrogen-bond acceptors (Lipinski definition) is 4. The minimum Gasteiger partial charge on any atom is -0.492 e. The van der Waals surface area contributed by atoms with E-state index >= 15 is 0 Å². The third-order valence-electron chi connectivity index (χ3n) is 3.33. The van der Waals surface area contributed by atoms with Crippen LogP contribution in [0.5, 0.6) is 5.75 Å². The fourth-order valence-corrected chi connectivity index (χ4v) is 2.97. The van der Waals surface area contributed by atoms with Gasteiger partial charge in [0.1, 0.15) is 12.4 Å². The van der Waals surface area contributed by atoms with Crippen molar-refractivity contribution in [2.75, 3.05) is 13.2 Å². The van der Waals surface area contributed by atoms with Crippen LogP contribution in [0.15, 0.2) is 64.8 Å². The van der Waals surface area contributed by atoms with E-state index in [1.807, 2.05) is 47.8 Å². The summed E-state index contributed by atoms with van der Waals surface area (Å²) in [5.74, 6) is 0.796. The van der Waals surface area contributed by atoms with Gasteiger partial charge in [-0.05, 0) is 35.2 Å². The van der Waals surface area contributed by atoms with E-state index in [-0.39, 0.29) is 6.03 Å². The predicted octanol–water partition coefficient (Wildman–Crippen LogP) is 3.89. The molecule has 0 unspecified atom stereocenters. The second kappa shape index (κ2) is 8.21. The molecule has 0 atom stereocenters. The van der Waals surface area contributed by atoms with Gasteiger partial charge in [0, 0.05) is 10.4 Å². The molecule has 124 valence electrons. The van der Waals surface area contributed by atoms with E-state index in [0.717, 1.165) is 21.8 Å². The van der Waals surface area contributed by atoms with Crippen molar-refractivity contribution in [3.8, 4) is 16.9 Å². The van der Waals surface area contributed by atoms with Crippen molar-refractivity contribution >= 4 is 17.4 Å². The maximum Gasteiger partial charge on any atom is 0.315 e. The third kappa shape index (κ3) is 4.63. The fourth-order valence-electron chi connectivity index (χ4n) is 2.13. The normalized spacial score (nSPS) is 10.3. The Hall–Kier alpha value is -2.73. The van der Waals surface area contributed by atoms with Gasteiger partial charge in [-0.3, -0.25) is 0 Å². The van der Waals surface area contributed by atoms with Gasteiger partial charge in [0.25, 0.3) is 0 Å². The first kappa shape index (κ1) is 16.1. The van der Waals surface area contributed by atoms with E-state index in [2.05, 4.69) is 10.6 Å². The summed E-state index contributed by atoms with van der Waals surface area (Å²) in [5.41, 5.74) is 2.14. The van der Waals surface area contributed by atoms with Gasteiger partial charge < -0.3 is 19.8 Å². The van der Waals surface area contributed by atoms with Crippen molar-refractivity contribution in [3.63, 3.8) is 0 Å². The molecular weight excluding hydrogens is 324 g/mol. The number of hydrogen-bond donors (Lipinski definition) is 2. The van der Waals surface area contributed by atoms with Crippen molar-refractivity contribution in [2.45, 2.75) is 6.54 Å². The quantitative estimate of drug-likeness (QED) is 0.640. The number of urea groups is 1. The van der Waals surface area contributed by atoms with Crippen molar-refractivity contribution in [1.29, 1.82) is 0 Å². The van der Waals surface area contributed by atoms with Gasteiger partial charge in [0.2, 0.25) is 0 Å². The highest BCUT2D eigenvalue weighted by atomic mass is 32.1. The highest BCUT2D eigenvalue weighted by Crippen LogP contribution is 2.25. The summed E-state index contributed by atoms with van der Waals surface area (Å²) in [6, 6.07) is 13.3. The van der Waals surface area contributed by atoms with Crippen molar-refractivity contribution in [3.05, 3.63) is 65.2 Å². The van der Waals surface area contributed by atoms with Crippen molar-refractivity contribution in [1.82, 2.24) is 10.6 Å². The first-order valence-corrected chi connectivity index (χ1v) is 8.49. The van der Waals surface area contributed by atoms with Crippen molar-refractivity contribution in [2.24, 2.45) is 0 Å². The predicted molar refractivity (Wildman–Crippen MR) is 94.2 cm³/mol. The standard InChI is InChI=1S/C18H18N2O3S/c21-18(19-7-9-23-16-4-2-1-3-5-16)20-11-17-10-15(13-24-17)14-6-8-22-12-14/h1-6,8,10,12-13H,7,9,11H2,(H2,19,20,21). The summed E-state index contributed by atoms with van der Waals surface area (Å²) in [5, 5.41) is 7.66. The van der Waals surface area contributed by atoms with Crippen LogP contribution in [0.4, 0.5) is 4.79 Å². The number of carbonyl (C=O) groups excluding carboxylic acids is 1. The summed E-state index contributed by atoms with van der Waals surface area (Å²) >= 11 is 1.61. The number of rotatable bonds is 7. The second-order valence-electron chi connectivity index (χ2n) is 5.08. The molecule has 3 rings (SSSR count). The lowest BCUT2D eigenvalue weighted by atomic mass is 10.2. The van der Waals surface area contributed by atoms with Crippen molar-refractivity contribution < 1.29 is 13.9 Å². The van der Waals surface area contributed by atoms with E-state index in [0.29, 0.717) is 19.7 Å². The number of benzene rings is 1. The molecule has 0 radical (unpaired) electrons. The summed E-state index contributed by atoms with van der Waals surface area (Å²) in [6.07, 6.45) is 3.36. The molecule has 0 aliphatic rings. The number of nitrogens with one attached hydrogen (secondary N) is 2. The number of carbonyl (C=O) groups is 1. The van der Waals surface area contributed by atoms with Crippen LogP contribution in [0.1, 0.15) is 4.88 Å². The maximum absolute atomic E-state index is 11.8. The number of furan rings is 1. The molecule has 0 spiro atoms. The van der Waals surface area contributed by atoms with E-state index in [4.69, 9.17) is 9.15 Å². The Kier molecular flexibility index (Phi) is 5.52. The zero-order chi connectivity index (χ0) is 16.6.